The monoisotopic (exact) mass is 220 g/mol. The minimum atomic E-state index is -0.335. The Bertz CT molecular complexity index is 382. The summed E-state index contributed by atoms with van der Waals surface area (Å²) in [5.41, 5.74) is 1.24. The molecule has 2 nitrogen and oxygen atoms in total. The number of benzene rings is 1. The highest BCUT2D eigenvalue weighted by molar-refractivity contribution is 5.33. The Labute approximate surface area is 96.3 Å². The molecule has 0 bridgehead atoms. The number of rotatable bonds is 5. The normalized spacial score (nSPS) is 10.4. The Morgan fingerprint density at radius 2 is 2.12 bits per heavy atom. The average molecular weight is 220 g/mol. The molecule has 0 saturated heterocycles. The van der Waals surface area contributed by atoms with Crippen LogP contribution in [0, 0.1) is 17.1 Å². The lowest BCUT2D eigenvalue weighted by Gasteiger charge is -2.16. The number of hydrogen-bond donors (Lipinski definition) is 0. The molecule has 0 amide bonds. The summed E-state index contributed by atoms with van der Waals surface area (Å²) in [6, 6.07) is 6.46. The molecule has 0 N–H and O–H groups in total. The van der Waals surface area contributed by atoms with Crippen LogP contribution in [0.1, 0.15) is 30.9 Å². The van der Waals surface area contributed by atoms with Crippen molar-refractivity contribution in [2.75, 3.05) is 13.6 Å². The predicted molar refractivity (Wildman–Crippen MR) is 62.4 cm³/mol. The van der Waals surface area contributed by atoms with Crippen LogP contribution in [0.3, 0.4) is 0 Å². The SMILES string of the molecule is CCCCN(C)Cc1cc(F)cc(C#N)c1. The summed E-state index contributed by atoms with van der Waals surface area (Å²) in [6.07, 6.45) is 2.29. The zero-order valence-electron chi connectivity index (χ0n) is 9.83. The van der Waals surface area contributed by atoms with Crippen molar-refractivity contribution in [3.8, 4) is 6.07 Å². The summed E-state index contributed by atoms with van der Waals surface area (Å²) in [6.45, 7) is 3.82. The topological polar surface area (TPSA) is 27.0 Å². The van der Waals surface area contributed by atoms with E-state index in [4.69, 9.17) is 5.26 Å². The summed E-state index contributed by atoms with van der Waals surface area (Å²) in [4.78, 5) is 2.14. The van der Waals surface area contributed by atoms with Gasteiger partial charge in [-0.1, -0.05) is 13.3 Å². The largest absolute Gasteiger partial charge is 0.302 e. The van der Waals surface area contributed by atoms with Crippen molar-refractivity contribution in [3.63, 3.8) is 0 Å². The number of unbranched alkanes of at least 4 members (excludes halogenated alkanes) is 1. The fourth-order valence-corrected chi connectivity index (χ4v) is 1.62. The van der Waals surface area contributed by atoms with Crippen molar-refractivity contribution >= 4 is 0 Å². The van der Waals surface area contributed by atoms with E-state index in [0.29, 0.717) is 12.1 Å². The molecule has 1 rings (SSSR count). The molecule has 1 aromatic carbocycles. The van der Waals surface area contributed by atoms with Crippen LogP contribution >= 0.6 is 0 Å². The maximum atomic E-state index is 13.1. The minimum Gasteiger partial charge on any atom is -0.302 e. The molecule has 0 spiro atoms. The van der Waals surface area contributed by atoms with Crippen molar-refractivity contribution in [1.29, 1.82) is 5.26 Å². The van der Waals surface area contributed by atoms with Crippen molar-refractivity contribution < 1.29 is 4.39 Å². The van der Waals surface area contributed by atoms with Crippen molar-refractivity contribution in [2.24, 2.45) is 0 Å². The second-order valence-corrected chi connectivity index (χ2v) is 4.05. The van der Waals surface area contributed by atoms with Crippen LogP contribution in [0.5, 0.6) is 0 Å². The Hall–Kier alpha value is -1.40. The number of hydrogen-bond acceptors (Lipinski definition) is 2. The zero-order chi connectivity index (χ0) is 12.0. The molecule has 0 aromatic heterocycles. The highest BCUT2D eigenvalue weighted by atomic mass is 19.1. The summed E-state index contributed by atoms with van der Waals surface area (Å²) in [5.74, 6) is -0.335. The van der Waals surface area contributed by atoms with Crippen molar-refractivity contribution in [1.82, 2.24) is 4.90 Å². The molecule has 1 aromatic rings. The van der Waals surface area contributed by atoms with Crippen molar-refractivity contribution in [3.05, 3.63) is 35.1 Å². The van der Waals surface area contributed by atoms with Gasteiger partial charge in [-0.2, -0.15) is 5.26 Å². The van der Waals surface area contributed by atoms with Gasteiger partial charge in [-0.25, -0.2) is 4.39 Å². The van der Waals surface area contributed by atoms with Gasteiger partial charge in [0.2, 0.25) is 0 Å². The Kier molecular flexibility index (Phi) is 4.94. The van der Waals surface area contributed by atoms with Crippen LogP contribution < -0.4 is 0 Å². The molecule has 16 heavy (non-hydrogen) atoms. The van der Waals surface area contributed by atoms with E-state index in [-0.39, 0.29) is 5.82 Å². The van der Waals surface area contributed by atoms with E-state index < -0.39 is 0 Å². The van der Waals surface area contributed by atoms with Gasteiger partial charge in [0, 0.05) is 6.54 Å². The van der Waals surface area contributed by atoms with E-state index in [0.717, 1.165) is 24.9 Å². The summed E-state index contributed by atoms with van der Waals surface area (Å²) in [7, 11) is 2.01. The van der Waals surface area contributed by atoms with Gasteiger partial charge in [0.1, 0.15) is 5.82 Å². The Morgan fingerprint density at radius 3 is 2.75 bits per heavy atom. The van der Waals surface area contributed by atoms with E-state index in [1.165, 1.54) is 12.1 Å². The second kappa shape index (κ2) is 6.24. The number of nitriles is 1. The lowest BCUT2D eigenvalue weighted by atomic mass is 10.1. The lowest BCUT2D eigenvalue weighted by molar-refractivity contribution is 0.320. The molecule has 0 unspecified atom stereocenters. The van der Waals surface area contributed by atoms with E-state index in [2.05, 4.69) is 11.8 Å². The molecule has 0 aliphatic carbocycles. The van der Waals surface area contributed by atoms with Gasteiger partial charge in [-0.05, 0) is 43.8 Å². The third kappa shape index (κ3) is 4.00. The molecule has 0 saturated carbocycles. The molecule has 0 atom stereocenters. The van der Waals surface area contributed by atoms with Gasteiger partial charge in [-0.15, -0.1) is 0 Å². The van der Waals surface area contributed by atoms with Gasteiger partial charge in [0.15, 0.2) is 0 Å². The average Bonchev–Trinajstić information content (AvgIpc) is 2.25. The fraction of sp³-hybridized carbons (Fsp3) is 0.462. The van der Waals surface area contributed by atoms with E-state index in [9.17, 15) is 4.39 Å². The zero-order valence-corrected chi connectivity index (χ0v) is 9.83. The lowest BCUT2D eigenvalue weighted by Crippen LogP contribution is -2.19. The Balaban J connectivity index is 2.66. The summed E-state index contributed by atoms with van der Waals surface area (Å²) >= 11 is 0. The van der Waals surface area contributed by atoms with E-state index >= 15 is 0 Å². The third-order valence-corrected chi connectivity index (χ3v) is 2.43. The van der Waals surface area contributed by atoms with Gasteiger partial charge in [0.05, 0.1) is 11.6 Å². The fourth-order valence-electron chi connectivity index (χ4n) is 1.62. The van der Waals surface area contributed by atoms with E-state index in [1.807, 2.05) is 13.1 Å². The molecular formula is C13H17FN2. The molecular weight excluding hydrogens is 203 g/mol. The first-order valence-corrected chi connectivity index (χ1v) is 5.53. The van der Waals surface area contributed by atoms with Gasteiger partial charge < -0.3 is 4.90 Å². The quantitative estimate of drug-likeness (QED) is 0.762. The van der Waals surface area contributed by atoms with Crippen LogP contribution in [0.2, 0.25) is 0 Å². The first kappa shape index (κ1) is 12.7. The van der Waals surface area contributed by atoms with Gasteiger partial charge in [0.25, 0.3) is 0 Å². The maximum Gasteiger partial charge on any atom is 0.124 e. The summed E-state index contributed by atoms with van der Waals surface area (Å²) < 4.78 is 13.1. The summed E-state index contributed by atoms with van der Waals surface area (Å²) in [5, 5.41) is 8.73. The highest BCUT2D eigenvalue weighted by Gasteiger charge is 2.03. The van der Waals surface area contributed by atoms with Crippen LogP contribution in [-0.2, 0) is 6.54 Å². The van der Waals surface area contributed by atoms with Crippen LogP contribution in [-0.4, -0.2) is 18.5 Å². The minimum absolute atomic E-state index is 0.335. The molecule has 0 heterocycles. The smallest absolute Gasteiger partial charge is 0.124 e. The van der Waals surface area contributed by atoms with Crippen LogP contribution in [0.4, 0.5) is 4.39 Å². The third-order valence-electron chi connectivity index (χ3n) is 2.43. The predicted octanol–water partition coefficient (Wildman–Crippen LogP) is 2.93. The maximum absolute atomic E-state index is 13.1. The molecule has 3 heteroatoms. The van der Waals surface area contributed by atoms with Crippen LogP contribution in [0.25, 0.3) is 0 Å². The molecule has 0 radical (unpaired) electrons. The number of halogens is 1. The molecule has 0 fully saturated rings. The Morgan fingerprint density at radius 1 is 1.38 bits per heavy atom. The molecule has 0 aliphatic rings. The number of nitrogens with zero attached hydrogens (tertiary/aromatic N) is 2. The van der Waals surface area contributed by atoms with Crippen molar-refractivity contribution in [2.45, 2.75) is 26.3 Å². The molecule has 86 valence electrons. The van der Waals surface area contributed by atoms with E-state index in [1.54, 1.807) is 6.07 Å². The first-order chi connectivity index (χ1) is 7.65. The van der Waals surface area contributed by atoms with Gasteiger partial charge in [-0.3, -0.25) is 0 Å². The highest BCUT2D eigenvalue weighted by Crippen LogP contribution is 2.10. The second-order valence-electron chi connectivity index (χ2n) is 4.05. The van der Waals surface area contributed by atoms with Gasteiger partial charge >= 0.3 is 0 Å². The van der Waals surface area contributed by atoms with Crippen LogP contribution in [0.15, 0.2) is 18.2 Å². The standard InChI is InChI=1S/C13H17FN2/c1-3-4-5-16(2)10-12-6-11(9-15)7-13(14)8-12/h6-8H,3-5,10H2,1-2H3. The molecule has 0 aliphatic heterocycles. The first-order valence-electron chi connectivity index (χ1n) is 5.53.